The molecule has 12 heteroatoms. The van der Waals surface area contributed by atoms with Crippen molar-refractivity contribution >= 4 is 11.9 Å². The number of carboxylic acid groups (broad SMARTS) is 1. The van der Waals surface area contributed by atoms with Crippen molar-refractivity contribution in [1.29, 1.82) is 0 Å². The van der Waals surface area contributed by atoms with Crippen molar-refractivity contribution in [2.45, 2.75) is 38.2 Å². The lowest BCUT2D eigenvalue weighted by Crippen LogP contribution is -2.41. The fourth-order valence-electron chi connectivity index (χ4n) is 2.89. The van der Waals surface area contributed by atoms with Gasteiger partial charge >= 0.3 is 12.1 Å². The lowest BCUT2D eigenvalue weighted by atomic mass is 10.1. The maximum Gasteiger partial charge on any atom is 0.490 e. The SMILES string of the molecule is NCc1cn(C2CCN(C(=O)COCc3ccccc3)CC2)nn1.O=C(O)C(F)(F)F. The summed E-state index contributed by atoms with van der Waals surface area (Å²) in [4.78, 5) is 23.0. The molecule has 3 N–H and O–H groups in total. The van der Waals surface area contributed by atoms with Crippen LogP contribution in [0.4, 0.5) is 13.2 Å². The van der Waals surface area contributed by atoms with Gasteiger partial charge in [-0.3, -0.25) is 4.79 Å². The standard InChI is InChI=1S/C17H23N5O2.C2HF3O2/c18-10-15-11-22(20-19-15)16-6-8-21(9-7-16)17(23)13-24-12-14-4-2-1-3-5-14;3-2(4,5)1(6)7/h1-5,11,16H,6-10,12-13,18H2;(H,6,7). The number of carbonyl (C=O) groups excluding carboxylic acids is 1. The number of carbonyl (C=O) groups is 2. The highest BCUT2D eigenvalue weighted by Crippen LogP contribution is 2.21. The maximum atomic E-state index is 12.2. The van der Waals surface area contributed by atoms with E-state index in [9.17, 15) is 18.0 Å². The van der Waals surface area contributed by atoms with Gasteiger partial charge in [-0.15, -0.1) is 5.10 Å². The zero-order valence-electron chi connectivity index (χ0n) is 16.7. The summed E-state index contributed by atoms with van der Waals surface area (Å²) in [6, 6.07) is 10.2. The molecule has 3 rings (SSSR count). The number of carboxylic acids is 1. The molecular weight excluding hydrogens is 419 g/mol. The van der Waals surface area contributed by atoms with Crippen LogP contribution >= 0.6 is 0 Å². The van der Waals surface area contributed by atoms with Gasteiger partial charge in [-0.05, 0) is 18.4 Å². The van der Waals surface area contributed by atoms with E-state index in [0.29, 0.717) is 13.2 Å². The molecule has 1 aromatic heterocycles. The molecular formula is C19H24F3N5O4. The lowest BCUT2D eigenvalue weighted by molar-refractivity contribution is -0.192. The van der Waals surface area contributed by atoms with Gasteiger partial charge in [-0.2, -0.15) is 13.2 Å². The number of hydrogen-bond donors (Lipinski definition) is 2. The Morgan fingerprint density at radius 1 is 1.19 bits per heavy atom. The van der Waals surface area contributed by atoms with Gasteiger partial charge in [-0.25, -0.2) is 9.48 Å². The highest BCUT2D eigenvalue weighted by atomic mass is 19.4. The third-order valence-electron chi connectivity index (χ3n) is 4.54. The van der Waals surface area contributed by atoms with Gasteiger partial charge in [0.25, 0.3) is 0 Å². The molecule has 0 spiro atoms. The second-order valence-electron chi connectivity index (χ2n) is 6.79. The number of nitrogens with zero attached hydrogens (tertiary/aromatic N) is 4. The third kappa shape index (κ3) is 7.98. The van der Waals surface area contributed by atoms with E-state index in [1.165, 1.54) is 0 Å². The quantitative estimate of drug-likeness (QED) is 0.697. The molecule has 0 saturated carbocycles. The van der Waals surface area contributed by atoms with Gasteiger partial charge < -0.3 is 20.5 Å². The number of aromatic nitrogens is 3. The van der Waals surface area contributed by atoms with Crippen LogP contribution in [0.15, 0.2) is 36.5 Å². The Labute approximate surface area is 176 Å². The van der Waals surface area contributed by atoms with Gasteiger partial charge in [0, 0.05) is 19.6 Å². The molecule has 0 unspecified atom stereocenters. The van der Waals surface area contributed by atoms with Gasteiger partial charge in [0.05, 0.1) is 24.5 Å². The number of halogens is 3. The highest BCUT2D eigenvalue weighted by Gasteiger charge is 2.38. The average Bonchev–Trinajstić information content (AvgIpc) is 3.24. The van der Waals surface area contributed by atoms with Crippen LogP contribution in [0.25, 0.3) is 0 Å². The number of hydrogen-bond acceptors (Lipinski definition) is 6. The Morgan fingerprint density at radius 3 is 2.32 bits per heavy atom. The molecule has 170 valence electrons. The Balaban J connectivity index is 0.000000423. The summed E-state index contributed by atoms with van der Waals surface area (Å²) in [5, 5.41) is 15.3. The number of amides is 1. The Kier molecular flexibility index (Phi) is 8.94. The number of alkyl halides is 3. The molecule has 1 aliphatic heterocycles. The second kappa shape index (κ2) is 11.4. The largest absolute Gasteiger partial charge is 0.490 e. The molecule has 31 heavy (non-hydrogen) atoms. The average molecular weight is 443 g/mol. The molecule has 1 fully saturated rings. The van der Waals surface area contributed by atoms with Gasteiger partial charge in [-0.1, -0.05) is 35.5 Å². The van der Waals surface area contributed by atoms with Crippen molar-refractivity contribution in [2.75, 3.05) is 19.7 Å². The van der Waals surface area contributed by atoms with E-state index in [-0.39, 0.29) is 18.6 Å². The maximum absolute atomic E-state index is 12.2. The molecule has 2 heterocycles. The number of aliphatic carboxylic acids is 1. The normalized spacial score (nSPS) is 14.6. The van der Waals surface area contributed by atoms with Crippen molar-refractivity contribution < 1.29 is 32.6 Å². The third-order valence-corrected chi connectivity index (χ3v) is 4.54. The zero-order chi connectivity index (χ0) is 22.9. The fraction of sp³-hybridized carbons (Fsp3) is 0.474. The Bertz CT molecular complexity index is 837. The number of ether oxygens (including phenoxy) is 1. The van der Waals surface area contributed by atoms with Crippen LogP contribution in [0.2, 0.25) is 0 Å². The minimum atomic E-state index is -5.08. The Hall–Kier alpha value is -2.99. The predicted molar refractivity (Wildman–Crippen MR) is 103 cm³/mol. The van der Waals surface area contributed by atoms with Crippen molar-refractivity contribution in [2.24, 2.45) is 5.73 Å². The van der Waals surface area contributed by atoms with Crippen LogP contribution in [0.1, 0.15) is 30.1 Å². The molecule has 0 aliphatic carbocycles. The molecule has 0 bridgehead atoms. The first kappa shape index (κ1) is 24.3. The second-order valence-corrected chi connectivity index (χ2v) is 6.79. The first-order valence-electron chi connectivity index (χ1n) is 9.51. The summed E-state index contributed by atoms with van der Waals surface area (Å²) >= 11 is 0. The summed E-state index contributed by atoms with van der Waals surface area (Å²) in [7, 11) is 0. The van der Waals surface area contributed by atoms with E-state index >= 15 is 0 Å². The molecule has 1 aliphatic rings. The minimum Gasteiger partial charge on any atom is -0.475 e. The van der Waals surface area contributed by atoms with E-state index in [1.807, 2.05) is 46.1 Å². The number of piperidine rings is 1. The molecule has 0 radical (unpaired) electrons. The summed E-state index contributed by atoms with van der Waals surface area (Å²) in [6.07, 6.45) is -1.44. The first-order valence-corrected chi connectivity index (χ1v) is 9.51. The summed E-state index contributed by atoms with van der Waals surface area (Å²) in [5.74, 6) is -2.71. The summed E-state index contributed by atoms with van der Waals surface area (Å²) < 4.78 is 39.1. The van der Waals surface area contributed by atoms with Crippen molar-refractivity contribution in [3.8, 4) is 0 Å². The van der Waals surface area contributed by atoms with E-state index in [2.05, 4.69) is 10.3 Å². The molecule has 1 aromatic carbocycles. The smallest absolute Gasteiger partial charge is 0.475 e. The van der Waals surface area contributed by atoms with Crippen LogP contribution < -0.4 is 5.73 Å². The lowest BCUT2D eigenvalue weighted by Gasteiger charge is -2.31. The zero-order valence-corrected chi connectivity index (χ0v) is 16.7. The monoisotopic (exact) mass is 443 g/mol. The van der Waals surface area contributed by atoms with Gasteiger partial charge in [0.15, 0.2) is 0 Å². The molecule has 0 atom stereocenters. The number of likely N-dealkylation sites (tertiary alicyclic amines) is 1. The fourth-order valence-corrected chi connectivity index (χ4v) is 2.89. The van der Waals surface area contributed by atoms with Crippen LogP contribution in [-0.2, 0) is 27.5 Å². The summed E-state index contributed by atoms with van der Waals surface area (Å²) in [6.45, 7) is 2.42. The van der Waals surface area contributed by atoms with E-state index in [0.717, 1.165) is 37.2 Å². The van der Waals surface area contributed by atoms with E-state index in [1.54, 1.807) is 0 Å². The molecule has 9 nitrogen and oxygen atoms in total. The molecule has 1 saturated heterocycles. The topological polar surface area (TPSA) is 124 Å². The predicted octanol–water partition coefficient (Wildman–Crippen LogP) is 1.75. The molecule has 2 aromatic rings. The van der Waals surface area contributed by atoms with Gasteiger partial charge in [0.2, 0.25) is 5.91 Å². The van der Waals surface area contributed by atoms with Crippen molar-refractivity contribution in [1.82, 2.24) is 19.9 Å². The van der Waals surface area contributed by atoms with Gasteiger partial charge in [0.1, 0.15) is 6.61 Å². The van der Waals surface area contributed by atoms with Crippen molar-refractivity contribution in [3.63, 3.8) is 0 Å². The van der Waals surface area contributed by atoms with Crippen LogP contribution in [0, 0.1) is 0 Å². The van der Waals surface area contributed by atoms with Crippen LogP contribution in [0.3, 0.4) is 0 Å². The van der Waals surface area contributed by atoms with Crippen LogP contribution in [-0.4, -0.2) is 62.7 Å². The van der Waals surface area contributed by atoms with E-state index < -0.39 is 12.1 Å². The number of benzene rings is 1. The number of rotatable bonds is 6. The minimum absolute atomic E-state index is 0.0469. The van der Waals surface area contributed by atoms with Crippen molar-refractivity contribution in [3.05, 3.63) is 47.8 Å². The Morgan fingerprint density at radius 2 is 1.81 bits per heavy atom. The van der Waals surface area contributed by atoms with E-state index in [4.69, 9.17) is 20.4 Å². The molecule has 1 amide bonds. The number of nitrogens with two attached hydrogens (primary N) is 1. The first-order chi connectivity index (χ1) is 14.7. The summed E-state index contributed by atoms with van der Waals surface area (Å²) in [5.41, 5.74) is 7.43. The van der Waals surface area contributed by atoms with Crippen LogP contribution in [0.5, 0.6) is 0 Å². The highest BCUT2D eigenvalue weighted by molar-refractivity contribution is 5.77.